The summed E-state index contributed by atoms with van der Waals surface area (Å²) in [5, 5.41) is 7.55. The fourth-order valence-corrected chi connectivity index (χ4v) is 2.91. The first kappa shape index (κ1) is 16.8. The van der Waals surface area contributed by atoms with Crippen LogP contribution in [-0.4, -0.2) is 49.4 Å². The van der Waals surface area contributed by atoms with Crippen LogP contribution < -0.4 is 4.74 Å². The van der Waals surface area contributed by atoms with Crippen molar-refractivity contribution in [1.82, 2.24) is 9.91 Å². The number of nitrogens with zero attached hydrogens (tertiary/aromatic N) is 3. The summed E-state index contributed by atoms with van der Waals surface area (Å²) in [6.07, 6.45) is 1.91. The van der Waals surface area contributed by atoms with E-state index in [0.717, 1.165) is 49.1 Å². The van der Waals surface area contributed by atoms with Gasteiger partial charge in [0, 0.05) is 37.7 Å². The maximum Gasteiger partial charge on any atom is 0.118 e. The van der Waals surface area contributed by atoms with E-state index in [4.69, 9.17) is 16.3 Å². The molecule has 0 bridgehead atoms. The van der Waals surface area contributed by atoms with E-state index in [0.29, 0.717) is 0 Å². The Labute approximate surface area is 148 Å². The van der Waals surface area contributed by atoms with Gasteiger partial charge in [0.2, 0.25) is 0 Å². The Bertz CT molecular complexity index is 679. The molecule has 0 N–H and O–H groups in total. The third kappa shape index (κ3) is 4.49. The number of piperazine rings is 1. The number of halogens is 1. The van der Waals surface area contributed by atoms with Gasteiger partial charge in [0.15, 0.2) is 0 Å². The summed E-state index contributed by atoms with van der Waals surface area (Å²) in [5.74, 6) is 0.861. The predicted octanol–water partition coefficient (Wildman–Crippen LogP) is 3.50. The first-order valence-electron chi connectivity index (χ1n) is 8.13. The molecule has 24 heavy (non-hydrogen) atoms. The van der Waals surface area contributed by atoms with Crippen molar-refractivity contribution in [2.45, 2.75) is 6.54 Å². The van der Waals surface area contributed by atoms with E-state index in [2.05, 4.69) is 21.1 Å². The van der Waals surface area contributed by atoms with Gasteiger partial charge in [-0.15, -0.1) is 0 Å². The Hall–Kier alpha value is -2.04. The molecule has 0 unspecified atom stereocenters. The minimum Gasteiger partial charge on any atom is -0.497 e. The van der Waals surface area contributed by atoms with Crippen molar-refractivity contribution in [1.29, 1.82) is 0 Å². The van der Waals surface area contributed by atoms with Crippen molar-refractivity contribution in [3.05, 3.63) is 64.7 Å². The van der Waals surface area contributed by atoms with E-state index < -0.39 is 0 Å². The predicted molar refractivity (Wildman–Crippen MR) is 98.9 cm³/mol. The van der Waals surface area contributed by atoms with E-state index in [1.165, 1.54) is 5.56 Å². The SMILES string of the molecule is COc1ccc(/C=N/N2CCN(Cc3ccccc3Cl)CC2)cc1. The molecule has 1 fully saturated rings. The highest BCUT2D eigenvalue weighted by Crippen LogP contribution is 2.18. The normalized spacial score (nSPS) is 15.8. The summed E-state index contributed by atoms with van der Waals surface area (Å²) in [6.45, 7) is 4.74. The van der Waals surface area contributed by atoms with Gasteiger partial charge in [-0.05, 0) is 41.5 Å². The highest BCUT2D eigenvalue weighted by molar-refractivity contribution is 6.31. The van der Waals surface area contributed by atoms with Gasteiger partial charge in [-0.2, -0.15) is 5.10 Å². The zero-order valence-electron chi connectivity index (χ0n) is 13.9. The summed E-state index contributed by atoms with van der Waals surface area (Å²) >= 11 is 6.24. The van der Waals surface area contributed by atoms with E-state index in [9.17, 15) is 0 Å². The number of hydrogen-bond acceptors (Lipinski definition) is 4. The standard InChI is InChI=1S/C19H22ClN3O/c1-24-18-8-6-16(7-9-18)14-21-23-12-10-22(11-13-23)15-17-4-2-3-5-19(17)20/h2-9,14H,10-13,15H2,1H3/b21-14+. The van der Waals surface area contributed by atoms with Gasteiger partial charge >= 0.3 is 0 Å². The van der Waals surface area contributed by atoms with Gasteiger partial charge < -0.3 is 4.74 Å². The van der Waals surface area contributed by atoms with Crippen LogP contribution in [0.3, 0.4) is 0 Å². The molecule has 1 aliphatic rings. The van der Waals surface area contributed by atoms with Gasteiger partial charge in [0.05, 0.1) is 13.3 Å². The molecule has 2 aromatic rings. The molecule has 1 heterocycles. The minimum absolute atomic E-state index is 0.845. The molecule has 0 radical (unpaired) electrons. The molecular weight excluding hydrogens is 322 g/mol. The summed E-state index contributed by atoms with van der Waals surface area (Å²) < 4.78 is 5.16. The molecule has 0 aromatic heterocycles. The van der Waals surface area contributed by atoms with Gasteiger partial charge in [0.1, 0.15) is 5.75 Å². The fraction of sp³-hybridized carbons (Fsp3) is 0.316. The Morgan fingerprint density at radius 3 is 2.42 bits per heavy atom. The van der Waals surface area contributed by atoms with E-state index in [1.807, 2.05) is 48.7 Å². The molecule has 0 spiro atoms. The lowest BCUT2D eigenvalue weighted by Gasteiger charge is -2.33. The van der Waals surface area contributed by atoms with Crippen LogP contribution in [-0.2, 0) is 6.54 Å². The lowest BCUT2D eigenvalue weighted by atomic mass is 10.2. The highest BCUT2D eigenvalue weighted by atomic mass is 35.5. The fourth-order valence-electron chi connectivity index (χ4n) is 2.72. The first-order chi connectivity index (χ1) is 11.7. The summed E-state index contributed by atoms with van der Waals surface area (Å²) in [6, 6.07) is 16.0. The molecule has 0 amide bonds. The lowest BCUT2D eigenvalue weighted by molar-refractivity contribution is 0.131. The van der Waals surface area contributed by atoms with Crippen LogP contribution in [0.15, 0.2) is 53.6 Å². The van der Waals surface area contributed by atoms with Crippen LogP contribution in [0, 0.1) is 0 Å². The van der Waals surface area contributed by atoms with Crippen molar-refractivity contribution in [2.24, 2.45) is 5.10 Å². The van der Waals surface area contributed by atoms with Crippen molar-refractivity contribution in [3.63, 3.8) is 0 Å². The molecule has 126 valence electrons. The van der Waals surface area contributed by atoms with Crippen molar-refractivity contribution >= 4 is 17.8 Å². The van der Waals surface area contributed by atoms with E-state index in [1.54, 1.807) is 7.11 Å². The average Bonchev–Trinajstić information content (AvgIpc) is 2.63. The number of hydrazone groups is 1. The maximum absolute atomic E-state index is 6.24. The monoisotopic (exact) mass is 343 g/mol. The van der Waals surface area contributed by atoms with Crippen LogP contribution in [0.1, 0.15) is 11.1 Å². The highest BCUT2D eigenvalue weighted by Gasteiger charge is 2.16. The molecule has 0 saturated carbocycles. The lowest BCUT2D eigenvalue weighted by Crippen LogP contribution is -2.43. The second-order valence-corrected chi connectivity index (χ2v) is 6.25. The quantitative estimate of drug-likeness (QED) is 0.778. The van der Waals surface area contributed by atoms with Crippen molar-refractivity contribution in [2.75, 3.05) is 33.3 Å². The van der Waals surface area contributed by atoms with Crippen molar-refractivity contribution in [3.8, 4) is 5.75 Å². The smallest absolute Gasteiger partial charge is 0.118 e. The van der Waals surface area contributed by atoms with Crippen LogP contribution in [0.5, 0.6) is 5.75 Å². The zero-order chi connectivity index (χ0) is 16.8. The first-order valence-corrected chi connectivity index (χ1v) is 8.51. The topological polar surface area (TPSA) is 28.1 Å². The zero-order valence-corrected chi connectivity index (χ0v) is 14.6. The molecule has 5 heteroatoms. The Balaban J connectivity index is 1.49. The largest absolute Gasteiger partial charge is 0.497 e. The number of methoxy groups -OCH3 is 1. The molecular formula is C19H22ClN3O. The van der Waals surface area contributed by atoms with Crippen LogP contribution in [0.4, 0.5) is 0 Å². The maximum atomic E-state index is 6.24. The van der Waals surface area contributed by atoms with Crippen LogP contribution in [0.2, 0.25) is 5.02 Å². The van der Waals surface area contributed by atoms with Gasteiger partial charge in [-0.1, -0.05) is 29.8 Å². The number of ether oxygens (including phenoxy) is 1. The third-order valence-electron chi connectivity index (χ3n) is 4.19. The molecule has 4 nitrogen and oxygen atoms in total. The van der Waals surface area contributed by atoms with Gasteiger partial charge in [-0.25, -0.2) is 0 Å². The average molecular weight is 344 g/mol. The molecule has 0 aliphatic carbocycles. The van der Waals surface area contributed by atoms with Crippen molar-refractivity contribution < 1.29 is 4.74 Å². The second kappa shape index (κ2) is 8.18. The Kier molecular flexibility index (Phi) is 5.72. The molecule has 0 atom stereocenters. The molecule has 1 aliphatic heterocycles. The Morgan fingerprint density at radius 2 is 1.75 bits per heavy atom. The summed E-state index contributed by atoms with van der Waals surface area (Å²) in [4.78, 5) is 2.42. The van der Waals surface area contributed by atoms with E-state index >= 15 is 0 Å². The Morgan fingerprint density at radius 1 is 1.04 bits per heavy atom. The summed E-state index contributed by atoms with van der Waals surface area (Å²) in [5.41, 5.74) is 2.27. The number of rotatable bonds is 5. The number of hydrogen-bond donors (Lipinski definition) is 0. The van der Waals surface area contributed by atoms with Gasteiger partial charge in [-0.3, -0.25) is 9.91 Å². The second-order valence-electron chi connectivity index (χ2n) is 5.84. The third-order valence-corrected chi connectivity index (χ3v) is 4.56. The minimum atomic E-state index is 0.845. The van der Waals surface area contributed by atoms with Crippen LogP contribution >= 0.6 is 11.6 Å². The molecule has 1 saturated heterocycles. The van der Waals surface area contributed by atoms with Gasteiger partial charge in [0.25, 0.3) is 0 Å². The number of benzene rings is 2. The molecule has 3 rings (SSSR count). The van der Waals surface area contributed by atoms with E-state index in [-0.39, 0.29) is 0 Å². The van der Waals surface area contributed by atoms with Crippen LogP contribution in [0.25, 0.3) is 0 Å². The summed E-state index contributed by atoms with van der Waals surface area (Å²) in [7, 11) is 1.67. The molecule has 2 aromatic carbocycles.